The average Bonchev–Trinajstić information content (AvgIpc) is 2.20. The fraction of sp³-hybridized carbons (Fsp3) is 0.818. The average molecular weight is 213 g/mol. The van der Waals surface area contributed by atoms with Crippen LogP contribution in [0.15, 0.2) is 0 Å². The van der Waals surface area contributed by atoms with E-state index in [2.05, 4.69) is 0 Å². The third kappa shape index (κ3) is 2.70. The predicted molar refractivity (Wildman–Crippen MR) is 58.3 cm³/mol. The van der Waals surface area contributed by atoms with Gasteiger partial charge in [0.25, 0.3) is 0 Å². The summed E-state index contributed by atoms with van der Waals surface area (Å²) >= 11 is 0. The fourth-order valence-corrected chi connectivity index (χ4v) is 1.52. The van der Waals surface area contributed by atoms with E-state index < -0.39 is 11.9 Å². The summed E-state index contributed by atoms with van der Waals surface area (Å²) in [4.78, 5) is 26.7. The molecule has 2 amide bonds. The van der Waals surface area contributed by atoms with Crippen LogP contribution in [0.3, 0.4) is 0 Å². The third-order valence-corrected chi connectivity index (χ3v) is 2.47. The molecule has 0 spiro atoms. The summed E-state index contributed by atoms with van der Waals surface area (Å²) < 4.78 is 7.79. The molecule has 0 aliphatic carbocycles. The molecule has 1 unspecified atom stereocenters. The Morgan fingerprint density at radius 1 is 1.47 bits per heavy atom. The largest absolute Gasteiger partial charge is 0.340 e. The number of carbonyl (C=O) groups excluding carboxylic acids is 2. The van der Waals surface area contributed by atoms with Gasteiger partial charge in [-0.2, -0.15) is 0 Å². The molecule has 0 saturated carbocycles. The minimum atomic E-state index is -1.07. The van der Waals surface area contributed by atoms with E-state index in [1.54, 1.807) is 25.7 Å². The Morgan fingerprint density at radius 2 is 2.07 bits per heavy atom. The fourth-order valence-electron chi connectivity index (χ4n) is 1.52. The zero-order valence-corrected chi connectivity index (χ0v) is 9.91. The van der Waals surface area contributed by atoms with Gasteiger partial charge in [-0.1, -0.05) is 20.8 Å². The molecule has 0 aromatic heterocycles. The highest BCUT2D eigenvalue weighted by atomic mass is 16.2. The smallest absolute Gasteiger partial charge is 0.242 e. The molecule has 86 valence electrons. The summed E-state index contributed by atoms with van der Waals surface area (Å²) in [6.45, 7) is 7.82. The Bertz CT molecular complexity index is 299. The first-order chi connectivity index (χ1) is 7.29. The molecule has 1 heterocycles. The maximum absolute atomic E-state index is 12.0. The SMILES string of the molecule is [2H]C1C(=O)N(CC)CCN1C(=O)C(C)(C)C. The van der Waals surface area contributed by atoms with Crippen molar-refractivity contribution in [3.05, 3.63) is 0 Å². The Balaban J connectivity index is 2.80. The van der Waals surface area contributed by atoms with E-state index in [-0.39, 0.29) is 11.8 Å². The van der Waals surface area contributed by atoms with E-state index in [0.29, 0.717) is 19.6 Å². The highest BCUT2D eigenvalue weighted by Crippen LogP contribution is 2.18. The number of likely N-dealkylation sites (N-methyl/N-ethyl adjacent to an activating group) is 1. The van der Waals surface area contributed by atoms with Gasteiger partial charge in [0.1, 0.15) is 0 Å². The van der Waals surface area contributed by atoms with E-state index in [9.17, 15) is 9.59 Å². The van der Waals surface area contributed by atoms with E-state index in [0.717, 1.165) is 0 Å². The third-order valence-electron chi connectivity index (χ3n) is 2.47. The number of piperazine rings is 1. The Hall–Kier alpha value is -1.06. The van der Waals surface area contributed by atoms with Crippen molar-refractivity contribution in [3.8, 4) is 0 Å². The van der Waals surface area contributed by atoms with Gasteiger partial charge in [0.2, 0.25) is 11.8 Å². The lowest BCUT2D eigenvalue weighted by molar-refractivity contribution is -0.149. The number of nitrogens with zero attached hydrogens (tertiary/aromatic N) is 2. The molecule has 0 radical (unpaired) electrons. The van der Waals surface area contributed by atoms with Gasteiger partial charge in [0.05, 0.1) is 7.89 Å². The maximum atomic E-state index is 12.0. The van der Waals surface area contributed by atoms with Crippen LogP contribution in [0.1, 0.15) is 29.1 Å². The van der Waals surface area contributed by atoms with E-state index in [1.165, 1.54) is 4.90 Å². The quantitative estimate of drug-likeness (QED) is 0.644. The molecular formula is C11H20N2O2. The van der Waals surface area contributed by atoms with Crippen molar-refractivity contribution >= 4 is 11.8 Å². The second kappa shape index (κ2) is 4.21. The van der Waals surface area contributed by atoms with Crippen LogP contribution in [0.2, 0.25) is 0 Å². The molecule has 0 N–H and O–H groups in total. The molecule has 1 fully saturated rings. The molecule has 0 bridgehead atoms. The number of carbonyl (C=O) groups is 2. The highest BCUT2D eigenvalue weighted by molar-refractivity contribution is 5.88. The van der Waals surface area contributed by atoms with E-state index in [4.69, 9.17) is 1.37 Å². The first kappa shape index (κ1) is 10.5. The summed E-state index contributed by atoms with van der Waals surface area (Å²) in [6, 6.07) is 0. The van der Waals surface area contributed by atoms with Gasteiger partial charge in [-0.15, -0.1) is 0 Å². The molecule has 1 saturated heterocycles. The normalized spacial score (nSPS) is 24.1. The molecule has 1 atom stereocenters. The summed E-state index contributed by atoms with van der Waals surface area (Å²) in [7, 11) is 0. The molecule has 1 aliphatic heterocycles. The summed E-state index contributed by atoms with van der Waals surface area (Å²) in [5.74, 6) is -0.400. The zero-order valence-electron chi connectivity index (χ0n) is 10.9. The van der Waals surface area contributed by atoms with Crippen LogP contribution in [-0.4, -0.2) is 47.8 Å². The van der Waals surface area contributed by atoms with Gasteiger partial charge in [-0.25, -0.2) is 0 Å². The number of rotatable bonds is 1. The van der Waals surface area contributed by atoms with Crippen molar-refractivity contribution in [2.45, 2.75) is 27.7 Å². The van der Waals surface area contributed by atoms with Crippen molar-refractivity contribution in [1.82, 2.24) is 9.80 Å². The molecular weight excluding hydrogens is 192 g/mol. The minimum Gasteiger partial charge on any atom is -0.340 e. The van der Waals surface area contributed by atoms with Gasteiger partial charge in [0, 0.05) is 25.0 Å². The summed E-state index contributed by atoms with van der Waals surface area (Å²) in [5.41, 5.74) is -0.534. The van der Waals surface area contributed by atoms with Gasteiger partial charge in [-0.3, -0.25) is 9.59 Å². The standard InChI is InChI=1S/C11H20N2O2/c1-5-12-6-7-13(8-9(12)14)10(15)11(2,3)4/h5-8H2,1-4H3/i8D. The van der Waals surface area contributed by atoms with Crippen molar-refractivity contribution in [1.29, 1.82) is 0 Å². The monoisotopic (exact) mass is 213 g/mol. The molecule has 4 nitrogen and oxygen atoms in total. The molecule has 0 aromatic rings. The van der Waals surface area contributed by atoms with Crippen LogP contribution in [0.25, 0.3) is 0 Å². The number of hydrogen-bond donors (Lipinski definition) is 0. The van der Waals surface area contributed by atoms with Crippen molar-refractivity contribution in [2.24, 2.45) is 5.41 Å². The van der Waals surface area contributed by atoms with Crippen LogP contribution >= 0.6 is 0 Å². The van der Waals surface area contributed by atoms with Crippen molar-refractivity contribution in [3.63, 3.8) is 0 Å². The van der Waals surface area contributed by atoms with Crippen molar-refractivity contribution in [2.75, 3.05) is 26.2 Å². The second-order valence-electron chi connectivity index (χ2n) is 4.80. The summed E-state index contributed by atoms with van der Waals surface area (Å²) in [5, 5.41) is 0. The van der Waals surface area contributed by atoms with Crippen LogP contribution in [-0.2, 0) is 9.59 Å². The summed E-state index contributed by atoms with van der Waals surface area (Å²) in [6.07, 6.45) is 0. The van der Waals surface area contributed by atoms with Gasteiger partial charge in [0.15, 0.2) is 0 Å². The van der Waals surface area contributed by atoms with E-state index in [1.807, 2.05) is 6.92 Å². The molecule has 4 heteroatoms. The van der Waals surface area contributed by atoms with Crippen LogP contribution in [0, 0.1) is 5.41 Å². The molecule has 1 rings (SSSR count). The zero-order chi connectivity index (χ0) is 12.5. The molecule has 15 heavy (non-hydrogen) atoms. The lowest BCUT2D eigenvalue weighted by Crippen LogP contribution is -2.54. The van der Waals surface area contributed by atoms with Crippen molar-refractivity contribution < 1.29 is 11.0 Å². The van der Waals surface area contributed by atoms with Crippen LogP contribution < -0.4 is 0 Å². The topological polar surface area (TPSA) is 40.6 Å². The van der Waals surface area contributed by atoms with Crippen LogP contribution in [0.4, 0.5) is 0 Å². The first-order valence-corrected chi connectivity index (χ1v) is 5.31. The number of hydrogen-bond acceptors (Lipinski definition) is 2. The minimum absolute atomic E-state index is 0.128. The predicted octanol–water partition coefficient (Wildman–Crippen LogP) is 0.723. The lowest BCUT2D eigenvalue weighted by Gasteiger charge is -2.36. The first-order valence-electron chi connectivity index (χ1n) is 5.89. The van der Waals surface area contributed by atoms with Crippen LogP contribution in [0.5, 0.6) is 0 Å². The Kier molecular flexibility index (Phi) is 2.93. The number of amides is 2. The maximum Gasteiger partial charge on any atom is 0.242 e. The molecule has 1 aliphatic rings. The van der Waals surface area contributed by atoms with Gasteiger partial charge < -0.3 is 9.80 Å². The lowest BCUT2D eigenvalue weighted by atomic mass is 9.94. The molecule has 0 aromatic carbocycles. The Labute approximate surface area is 92.6 Å². The van der Waals surface area contributed by atoms with Gasteiger partial charge >= 0.3 is 0 Å². The Morgan fingerprint density at radius 3 is 2.53 bits per heavy atom. The second-order valence-corrected chi connectivity index (χ2v) is 4.80. The van der Waals surface area contributed by atoms with Gasteiger partial charge in [-0.05, 0) is 6.92 Å². The van der Waals surface area contributed by atoms with E-state index >= 15 is 0 Å². The highest BCUT2D eigenvalue weighted by Gasteiger charge is 2.32.